The van der Waals surface area contributed by atoms with Gasteiger partial charge in [-0.15, -0.1) is 0 Å². The summed E-state index contributed by atoms with van der Waals surface area (Å²) in [4.78, 5) is 71.2. The van der Waals surface area contributed by atoms with Gasteiger partial charge >= 0.3 is 11.9 Å². The molecule has 4 aliphatic heterocycles. The molecule has 0 saturated heterocycles. The molecule has 0 bridgehead atoms. The van der Waals surface area contributed by atoms with Crippen LogP contribution in [0.4, 0.5) is 0 Å². The fraction of sp³-hybridized carbons (Fsp3) is 0.421. The summed E-state index contributed by atoms with van der Waals surface area (Å²) in [7, 11) is 0. The van der Waals surface area contributed by atoms with Crippen molar-refractivity contribution in [1.29, 1.82) is 0 Å². The van der Waals surface area contributed by atoms with Gasteiger partial charge in [0.15, 0.2) is 58.0 Å². The van der Waals surface area contributed by atoms with E-state index in [4.69, 9.17) is 39.9 Å². The van der Waals surface area contributed by atoms with Crippen molar-refractivity contribution >= 4 is 35.1 Å². The number of aryl methyl sites for hydroxylation is 2. The summed E-state index contributed by atoms with van der Waals surface area (Å²) in [6.07, 6.45) is 8.15. The maximum Gasteiger partial charge on any atom is 0.329 e. The first kappa shape index (κ1) is 43.7. The molecule has 5 aliphatic rings. The number of rotatable bonds is 8. The minimum atomic E-state index is -1.34. The summed E-state index contributed by atoms with van der Waals surface area (Å²) in [5.74, 6) is -3.10. The Bertz CT molecular complexity index is 1680. The van der Waals surface area contributed by atoms with Gasteiger partial charge in [0.25, 0.3) is 0 Å². The predicted octanol–water partition coefficient (Wildman–Crippen LogP) is 2.51. The van der Waals surface area contributed by atoms with Gasteiger partial charge < -0.3 is 45.4 Å². The average Bonchev–Trinajstić information content (AvgIpc) is 3.77. The molecule has 1 aliphatic carbocycles. The number of benzene rings is 2. The van der Waals surface area contributed by atoms with E-state index in [0.29, 0.717) is 35.8 Å². The van der Waals surface area contributed by atoms with E-state index in [1.54, 1.807) is 24.3 Å². The van der Waals surface area contributed by atoms with Crippen LogP contribution >= 0.6 is 0 Å². The van der Waals surface area contributed by atoms with Gasteiger partial charge in [-0.2, -0.15) is 0 Å². The largest absolute Gasteiger partial charge is 0.454 e. The second-order valence-electron chi connectivity index (χ2n) is 12.9. The zero-order valence-corrected chi connectivity index (χ0v) is 32.1. The normalized spacial score (nSPS) is 21.9. The molecule has 15 nitrogen and oxygen atoms in total. The van der Waals surface area contributed by atoms with E-state index in [0.717, 1.165) is 24.0 Å². The molecule has 2 aromatic rings. The van der Waals surface area contributed by atoms with E-state index in [1.165, 1.54) is 38.8 Å². The number of hydrogen-bond acceptors (Lipinski definition) is 14. The van der Waals surface area contributed by atoms with Crippen molar-refractivity contribution in [3.63, 3.8) is 0 Å². The van der Waals surface area contributed by atoms with Gasteiger partial charge in [-0.1, -0.05) is 25.0 Å². The van der Waals surface area contributed by atoms with Gasteiger partial charge in [-0.3, -0.25) is 28.8 Å². The van der Waals surface area contributed by atoms with E-state index in [1.807, 2.05) is 12.1 Å². The molecule has 2 unspecified atom stereocenters. The number of carbonyl (C=O) groups excluding carboxylic acids is 6. The van der Waals surface area contributed by atoms with Gasteiger partial charge in [-0.05, 0) is 74.9 Å². The summed E-state index contributed by atoms with van der Waals surface area (Å²) >= 11 is 0. The second kappa shape index (κ2) is 20.1. The Morgan fingerprint density at radius 2 is 1.00 bits per heavy atom. The molecule has 294 valence electrons. The van der Waals surface area contributed by atoms with Gasteiger partial charge in [0.05, 0.1) is 0 Å². The van der Waals surface area contributed by atoms with Crippen molar-refractivity contribution in [2.75, 3.05) is 13.6 Å². The first-order valence-electron chi connectivity index (χ1n) is 17.1. The Morgan fingerprint density at radius 3 is 1.35 bits per heavy atom. The molecule has 0 aromatic heterocycles. The standard InChI is InChI=1S/2C16H14O6.C6H14N2.H2O.Pt/c2*1-9-6-12(18)15(16(19)22-9)11(17)4-2-10-3-5-13-14(7-10)21-8-20-13;7-5-3-1-2-4-6(5)8;;/h2*3,5-7,15H,2,4,8H2,1H3;5-6H,1-4,7-8H2;1H2;/t;;5-,6-;;/m..1../s1. The Kier molecular flexibility index (Phi) is 16.3. The van der Waals surface area contributed by atoms with Crippen LogP contribution in [0.15, 0.2) is 60.1 Å². The molecule has 4 heterocycles. The van der Waals surface area contributed by atoms with Crippen LogP contribution in [-0.4, -0.2) is 66.2 Å². The third kappa shape index (κ3) is 11.4. The Hall–Kier alpha value is -4.69. The molecule has 6 N–H and O–H groups in total. The number of hydrogen-bond donors (Lipinski definition) is 2. The van der Waals surface area contributed by atoms with Gasteiger partial charge in [0, 0.05) is 58.1 Å². The van der Waals surface area contributed by atoms with Crippen LogP contribution in [0, 0.1) is 11.8 Å². The van der Waals surface area contributed by atoms with E-state index in [2.05, 4.69) is 0 Å². The summed E-state index contributed by atoms with van der Waals surface area (Å²) in [5, 5.41) is 0. The van der Waals surface area contributed by atoms with Crippen LogP contribution in [0.5, 0.6) is 23.0 Å². The molecule has 0 radical (unpaired) electrons. The third-order valence-electron chi connectivity index (χ3n) is 8.97. The number of allylic oxidation sites excluding steroid dienone is 4. The maximum absolute atomic E-state index is 12.1. The predicted molar refractivity (Wildman–Crippen MR) is 187 cm³/mol. The molecular weight excluding hydrogens is 887 g/mol. The zero-order chi connectivity index (χ0) is 37.4. The number of fused-ring (bicyclic) bond motifs is 2. The SMILES string of the molecule is CC1=CC(=O)C(C(=O)CCc2ccc3c(c2)OCO3)C(=O)O1.CC1=CC(=O)C(C(=O)CCc2ccc3c(c2)OCO3)C(=O)O1.N[C@@H]1CCCC[C@H]1N.O.[Pt]. The fourth-order valence-corrected chi connectivity index (χ4v) is 6.08. The first-order chi connectivity index (χ1) is 24.9. The monoisotopic (exact) mass is 931 g/mol. The summed E-state index contributed by atoms with van der Waals surface area (Å²) in [6, 6.07) is 11.3. The van der Waals surface area contributed by atoms with Crippen molar-refractivity contribution in [3.05, 3.63) is 71.2 Å². The molecule has 54 heavy (non-hydrogen) atoms. The van der Waals surface area contributed by atoms with E-state index in [-0.39, 0.29) is 76.6 Å². The van der Waals surface area contributed by atoms with Crippen LogP contribution in [0.1, 0.15) is 63.5 Å². The Balaban J connectivity index is 0.000000234. The Morgan fingerprint density at radius 1 is 0.630 bits per heavy atom. The van der Waals surface area contributed by atoms with Crippen molar-refractivity contribution in [2.45, 2.75) is 77.3 Å². The van der Waals surface area contributed by atoms with Crippen molar-refractivity contribution < 1.29 is 83.7 Å². The van der Waals surface area contributed by atoms with Gasteiger partial charge in [0.1, 0.15) is 11.5 Å². The molecule has 0 amide bonds. The number of nitrogens with two attached hydrogens (primary N) is 2. The summed E-state index contributed by atoms with van der Waals surface area (Å²) in [6.45, 7) is 3.38. The molecule has 4 atom stereocenters. The average molecular weight is 932 g/mol. The van der Waals surface area contributed by atoms with E-state index < -0.39 is 46.9 Å². The summed E-state index contributed by atoms with van der Waals surface area (Å²) < 4.78 is 30.6. The fourth-order valence-electron chi connectivity index (χ4n) is 6.08. The van der Waals surface area contributed by atoms with Crippen molar-refractivity contribution in [2.24, 2.45) is 23.3 Å². The molecule has 2 aromatic carbocycles. The van der Waals surface area contributed by atoms with Crippen molar-refractivity contribution in [1.82, 2.24) is 0 Å². The van der Waals surface area contributed by atoms with E-state index >= 15 is 0 Å². The quantitative estimate of drug-likeness (QED) is 0.286. The van der Waals surface area contributed by atoms with Gasteiger partial charge in [-0.25, -0.2) is 0 Å². The van der Waals surface area contributed by atoms with Crippen LogP contribution in [0.3, 0.4) is 0 Å². The summed E-state index contributed by atoms with van der Waals surface area (Å²) in [5.41, 5.74) is 13.1. The minimum Gasteiger partial charge on any atom is -0.454 e. The van der Waals surface area contributed by atoms with Crippen LogP contribution in [0.2, 0.25) is 0 Å². The number of Topliss-reactive ketones (excluding diaryl/α,β-unsaturated/α-hetero) is 2. The van der Waals surface area contributed by atoms with Crippen LogP contribution in [-0.2, 0) is 72.1 Å². The molecule has 7 rings (SSSR count). The molecular formula is C38H44N2O13Pt. The molecule has 1 saturated carbocycles. The minimum absolute atomic E-state index is 0. The van der Waals surface area contributed by atoms with E-state index in [9.17, 15) is 28.8 Å². The smallest absolute Gasteiger partial charge is 0.329 e. The number of esters is 2. The topological polar surface area (TPSA) is 241 Å². The van der Waals surface area contributed by atoms with Crippen LogP contribution < -0.4 is 30.4 Å². The van der Waals surface area contributed by atoms with Gasteiger partial charge in [0.2, 0.25) is 13.6 Å². The molecule has 16 heteroatoms. The second-order valence-corrected chi connectivity index (χ2v) is 12.9. The maximum atomic E-state index is 12.1. The zero-order valence-electron chi connectivity index (χ0n) is 29.9. The Labute approximate surface area is 326 Å². The third-order valence-corrected chi connectivity index (χ3v) is 8.97. The number of ketones is 4. The number of carbonyl (C=O) groups is 6. The molecule has 1 fully saturated rings. The number of ether oxygens (including phenoxy) is 6. The molecule has 0 spiro atoms. The number of cyclic esters (lactones) is 2. The first-order valence-corrected chi connectivity index (χ1v) is 17.1. The van der Waals surface area contributed by atoms with Crippen molar-refractivity contribution in [3.8, 4) is 23.0 Å². The van der Waals surface area contributed by atoms with Crippen LogP contribution in [0.25, 0.3) is 0 Å².